The Labute approximate surface area is 125 Å². The largest absolute Gasteiger partial charge is 0.389 e. The van der Waals surface area contributed by atoms with Gasteiger partial charge in [-0.2, -0.15) is 0 Å². The number of hydrogen-bond donors (Lipinski definition) is 1. The van der Waals surface area contributed by atoms with E-state index in [2.05, 4.69) is 16.8 Å². The van der Waals surface area contributed by atoms with Gasteiger partial charge < -0.3 is 15.5 Å². The van der Waals surface area contributed by atoms with Crippen LogP contribution in [0.2, 0.25) is 0 Å². The number of benzene rings is 1. The van der Waals surface area contributed by atoms with Crippen molar-refractivity contribution in [2.45, 2.75) is 13.0 Å². The molecule has 0 saturated carbocycles. The smallest absolute Gasteiger partial charge is 0.128 e. The standard InChI is InChI=1S/C15H22FN3S/c1-18-6-5-11(8-18)9-19(2)10-13-4-3-12(15(17)20)7-14(13)16/h3-4,7,11H,5-6,8-10H2,1-2H3,(H2,17,20). The molecule has 0 spiro atoms. The monoisotopic (exact) mass is 295 g/mol. The van der Waals surface area contributed by atoms with Crippen molar-refractivity contribution < 1.29 is 4.39 Å². The molecule has 0 aliphatic carbocycles. The van der Waals surface area contributed by atoms with E-state index in [1.807, 2.05) is 7.05 Å². The zero-order chi connectivity index (χ0) is 14.7. The molecule has 1 heterocycles. The van der Waals surface area contributed by atoms with Crippen LogP contribution in [-0.4, -0.2) is 48.5 Å². The average molecular weight is 295 g/mol. The summed E-state index contributed by atoms with van der Waals surface area (Å²) < 4.78 is 14.0. The summed E-state index contributed by atoms with van der Waals surface area (Å²) in [6.07, 6.45) is 1.23. The average Bonchev–Trinajstić information content (AvgIpc) is 2.77. The van der Waals surface area contributed by atoms with Crippen LogP contribution in [0.5, 0.6) is 0 Å². The molecule has 1 unspecified atom stereocenters. The molecule has 0 radical (unpaired) electrons. The summed E-state index contributed by atoms with van der Waals surface area (Å²) in [5, 5.41) is 0. The Morgan fingerprint density at radius 1 is 1.55 bits per heavy atom. The second-order valence-corrected chi connectivity index (χ2v) is 6.22. The summed E-state index contributed by atoms with van der Waals surface area (Å²) in [6, 6.07) is 4.99. The Hall–Kier alpha value is -1.04. The summed E-state index contributed by atoms with van der Waals surface area (Å²) in [6.45, 7) is 3.91. The molecule has 0 amide bonds. The predicted molar refractivity (Wildman–Crippen MR) is 84.2 cm³/mol. The van der Waals surface area contributed by atoms with Crippen molar-refractivity contribution in [2.24, 2.45) is 11.7 Å². The van der Waals surface area contributed by atoms with E-state index in [0.29, 0.717) is 23.6 Å². The van der Waals surface area contributed by atoms with E-state index in [-0.39, 0.29) is 10.8 Å². The Balaban J connectivity index is 1.94. The fourth-order valence-electron chi connectivity index (χ4n) is 2.80. The second-order valence-electron chi connectivity index (χ2n) is 5.78. The van der Waals surface area contributed by atoms with E-state index in [1.165, 1.54) is 12.5 Å². The van der Waals surface area contributed by atoms with Gasteiger partial charge in [0, 0.05) is 30.8 Å². The van der Waals surface area contributed by atoms with E-state index in [1.54, 1.807) is 12.1 Å². The fourth-order valence-corrected chi connectivity index (χ4v) is 2.93. The highest BCUT2D eigenvalue weighted by molar-refractivity contribution is 7.80. The summed E-state index contributed by atoms with van der Waals surface area (Å²) in [5.41, 5.74) is 6.78. The zero-order valence-electron chi connectivity index (χ0n) is 12.1. The van der Waals surface area contributed by atoms with Gasteiger partial charge in [0.05, 0.1) is 0 Å². The maximum Gasteiger partial charge on any atom is 0.128 e. The number of likely N-dealkylation sites (tertiary alicyclic amines) is 1. The quantitative estimate of drug-likeness (QED) is 0.840. The Morgan fingerprint density at radius 3 is 2.85 bits per heavy atom. The van der Waals surface area contributed by atoms with Gasteiger partial charge >= 0.3 is 0 Å². The molecule has 0 bridgehead atoms. The van der Waals surface area contributed by atoms with Gasteiger partial charge in [0.25, 0.3) is 0 Å². The molecule has 1 aliphatic heterocycles. The Morgan fingerprint density at radius 2 is 2.30 bits per heavy atom. The third kappa shape index (κ3) is 3.98. The van der Waals surface area contributed by atoms with Crippen molar-refractivity contribution in [3.05, 3.63) is 35.1 Å². The van der Waals surface area contributed by atoms with Gasteiger partial charge in [0.15, 0.2) is 0 Å². The summed E-state index contributed by atoms with van der Waals surface area (Å²) in [7, 11) is 4.19. The van der Waals surface area contributed by atoms with Gasteiger partial charge in [0.1, 0.15) is 10.8 Å². The molecular formula is C15H22FN3S. The number of nitrogens with zero attached hydrogens (tertiary/aromatic N) is 2. The van der Waals surface area contributed by atoms with Crippen LogP contribution < -0.4 is 5.73 Å². The minimum atomic E-state index is -0.231. The first-order valence-electron chi connectivity index (χ1n) is 6.91. The molecule has 20 heavy (non-hydrogen) atoms. The Kier molecular flexibility index (Phi) is 5.07. The lowest BCUT2D eigenvalue weighted by Gasteiger charge is -2.21. The van der Waals surface area contributed by atoms with Crippen molar-refractivity contribution in [1.29, 1.82) is 0 Å². The number of hydrogen-bond acceptors (Lipinski definition) is 3. The zero-order valence-corrected chi connectivity index (χ0v) is 12.9. The lowest BCUT2D eigenvalue weighted by atomic mass is 10.1. The molecule has 1 aromatic carbocycles. The van der Waals surface area contributed by atoms with Gasteiger partial charge in [0.2, 0.25) is 0 Å². The minimum absolute atomic E-state index is 0.231. The SMILES string of the molecule is CN1CCC(CN(C)Cc2ccc(C(N)=S)cc2F)C1. The van der Waals surface area contributed by atoms with E-state index in [9.17, 15) is 4.39 Å². The van der Waals surface area contributed by atoms with E-state index < -0.39 is 0 Å². The van der Waals surface area contributed by atoms with E-state index >= 15 is 0 Å². The number of rotatable bonds is 5. The maximum absolute atomic E-state index is 14.0. The first kappa shape index (κ1) is 15.4. The van der Waals surface area contributed by atoms with Crippen LogP contribution >= 0.6 is 12.2 Å². The summed E-state index contributed by atoms with van der Waals surface area (Å²) in [5.74, 6) is 0.453. The van der Waals surface area contributed by atoms with Crippen LogP contribution in [0.4, 0.5) is 4.39 Å². The van der Waals surface area contributed by atoms with Gasteiger partial charge in [-0.15, -0.1) is 0 Å². The number of nitrogens with two attached hydrogens (primary N) is 1. The molecule has 110 valence electrons. The molecule has 5 heteroatoms. The molecular weight excluding hydrogens is 273 g/mol. The molecule has 1 saturated heterocycles. The lowest BCUT2D eigenvalue weighted by Crippen LogP contribution is -2.27. The normalized spacial score (nSPS) is 19.7. The fraction of sp³-hybridized carbons (Fsp3) is 0.533. The molecule has 1 fully saturated rings. The highest BCUT2D eigenvalue weighted by atomic mass is 32.1. The lowest BCUT2D eigenvalue weighted by molar-refractivity contribution is 0.264. The van der Waals surface area contributed by atoms with Crippen LogP contribution in [0, 0.1) is 11.7 Å². The van der Waals surface area contributed by atoms with Crippen LogP contribution in [0.15, 0.2) is 18.2 Å². The molecule has 0 aromatic heterocycles. The predicted octanol–water partition coefficient (Wildman–Crippen LogP) is 1.84. The number of halogens is 1. The van der Waals surface area contributed by atoms with Gasteiger partial charge in [-0.05, 0) is 39.0 Å². The van der Waals surface area contributed by atoms with E-state index in [4.69, 9.17) is 18.0 Å². The van der Waals surface area contributed by atoms with Gasteiger partial charge in [-0.25, -0.2) is 4.39 Å². The second kappa shape index (κ2) is 6.61. The van der Waals surface area contributed by atoms with Crippen molar-refractivity contribution >= 4 is 17.2 Å². The molecule has 1 atom stereocenters. The topological polar surface area (TPSA) is 32.5 Å². The third-order valence-electron chi connectivity index (χ3n) is 3.84. The summed E-state index contributed by atoms with van der Waals surface area (Å²) in [4.78, 5) is 4.76. The summed E-state index contributed by atoms with van der Waals surface area (Å²) >= 11 is 4.86. The first-order valence-corrected chi connectivity index (χ1v) is 7.32. The number of thiocarbonyl (C=S) groups is 1. The Bertz CT molecular complexity index is 492. The maximum atomic E-state index is 14.0. The van der Waals surface area contributed by atoms with Crippen molar-refractivity contribution in [3.63, 3.8) is 0 Å². The molecule has 1 aromatic rings. The van der Waals surface area contributed by atoms with Crippen molar-refractivity contribution in [1.82, 2.24) is 9.80 Å². The van der Waals surface area contributed by atoms with Crippen LogP contribution in [0.3, 0.4) is 0 Å². The molecule has 1 aliphatic rings. The van der Waals surface area contributed by atoms with Crippen LogP contribution in [0.1, 0.15) is 17.5 Å². The van der Waals surface area contributed by atoms with Crippen molar-refractivity contribution in [2.75, 3.05) is 33.7 Å². The van der Waals surface area contributed by atoms with E-state index in [0.717, 1.165) is 19.6 Å². The first-order chi connectivity index (χ1) is 9.45. The minimum Gasteiger partial charge on any atom is -0.389 e. The van der Waals surface area contributed by atoms with Gasteiger partial charge in [-0.1, -0.05) is 24.4 Å². The highest BCUT2D eigenvalue weighted by Gasteiger charge is 2.21. The molecule has 3 nitrogen and oxygen atoms in total. The highest BCUT2D eigenvalue weighted by Crippen LogP contribution is 2.17. The third-order valence-corrected chi connectivity index (χ3v) is 4.07. The van der Waals surface area contributed by atoms with Crippen molar-refractivity contribution in [3.8, 4) is 0 Å². The molecule has 2 N–H and O–H groups in total. The van der Waals surface area contributed by atoms with Crippen LogP contribution in [0.25, 0.3) is 0 Å². The van der Waals surface area contributed by atoms with Gasteiger partial charge in [-0.3, -0.25) is 0 Å². The van der Waals surface area contributed by atoms with Crippen LogP contribution in [-0.2, 0) is 6.54 Å². The molecule has 2 rings (SSSR count).